The first-order valence-corrected chi connectivity index (χ1v) is 5.70. The number of nitrogen functional groups attached to an aromatic ring is 1. The average molecular weight is 253 g/mol. The van der Waals surface area contributed by atoms with Crippen LogP contribution in [0.1, 0.15) is 24.2 Å². The number of ether oxygens (including phenoxy) is 1. The van der Waals surface area contributed by atoms with Crippen LogP contribution in [-0.4, -0.2) is 35.8 Å². The third kappa shape index (κ3) is 3.59. The highest BCUT2D eigenvalue weighted by molar-refractivity contribution is 5.94. The molecule has 0 aliphatic carbocycles. The molecule has 0 bridgehead atoms. The van der Waals surface area contributed by atoms with Crippen LogP contribution < -0.4 is 11.1 Å². The summed E-state index contributed by atoms with van der Waals surface area (Å²) in [5.74, 6) is -0.462. The number of aromatic carboxylic acids is 1. The summed E-state index contributed by atoms with van der Waals surface area (Å²) in [5, 5.41) is 12.2. The first kappa shape index (κ1) is 14.2. The number of carbonyl (C=O) groups is 1. The van der Waals surface area contributed by atoms with Crippen molar-refractivity contribution in [3.05, 3.63) is 17.8 Å². The van der Waals surface area contributed by atoms with Crippen molar-refractivity contribution >= 4 is 17.5 Å². The number of carboxylic acid groups (broad SMARTS) is 1. The van der Waals surface area contributed by atoms with Gasteiger partial charge in [-0.3, -0.25) is 0 Å². The lowest BCUT2D eigenvalue weighted by Crippen LogP contribution is -2.31. The molecular weight excluding hydrogens is 234 g/mol. The summed E-state index contributed by atoms with van der Waals surface area (Å²) in [6.45, 7) is 4.52. The standard InChI is InChI=1S/C12H19N3O3/c1-7(2)10(6-18-3)15-11-9(12(16)17)4-8(13)5-14-11/h4-5,7,10H,6,13H2,1-3H3,(H,14,15)(H,16,17). The molecule has 0 saturated carbocycles. The molecule has 100 valence electrons. The minimum atomic E-state index is -1.06. The number of anilines is 2. The predicted octanol–water partition coefficient (Wildman–Crippen LogP) is 1.44. The maximum absolute atomic E-state index is 11.1. The normalized spacial score (nSPS) is 12.4. The maximum Gasteiger partial charge on any atom is 0.339 e. The number of carboxylic acids is 1. The van der Waals surface area contributed by atoms with Gasteiger partial charge >= 0.3 is 5.97 Å². The van der Waals surface area contributed by atoms with E-state index in [4.69, 9.17) is 15.6 Å². The zero-order chi connectivity index (χ0) is 13.7. The van der Waals surface area contributed by atoms with E-state index in [0.717, 1.165) is 0 Å². The van der Waals surface area contributed by atoms with Crippen LogP contribution in [0.2, 0.25) is 0 Å². The highest BCUT2D eigenvalue weighted by Crippen LogP contribution is 2.18. The lowest BCUT2D eigenvalue weighted by Gasteiger charge is -2.22. The van der Waals surface area contributed by atoms with E-state index in [-0.39, 0.29) is 17.5 Å². The van der Waals surface area contributed by atoms with Gasteiger partial charge in [0.2, 0.25) is 0 Å². The number of aromatic nitrogens is 1. The van der Waals surface area contributed by atoms with Gasteiger partial charge in [-0.05, 0) is 12.0 Å². The van der Waals surface area contributed by atoms with Crippen LogP contribution in [0.4, 0.5) is 11.5 Å². The first-order chi connectivity index (χ1) is 8.45. The lowest BCUT2D eigenvalue weighted by molar-refractivity contribution is 0.0697. The van der Waals surface area contributed by atoms with Gasteiger partial charge in [-0.1, -0.05) is 13.8 Å². The van der Waals surface area contributed by atoms with Crippen LogP contribution in [0.25, 0.3) is 0 Å². The Bertz CT molecular complexity index is 421. The molecule has 0 aliphatic rings. The fraction of sp³-hybridized carbons (Fsp3) is 0.500. The first-order valence-electron chi connectivity index (χ1n) is 5.70. The molecule has 0 saturated heterocycles. The zero-order valence-corrected chi connectivity index (χ0v) is 10.8. The molecule has 4 N–H and O–H groups in total. The Morgan fingerprint density at radius 3 is 2.78 bits per heavy atom. The summed E-state index contributed by atoms with van der Waals surface area (Å²) in [6.07, 6.45) is 1.43. The molecule has 1 aromatic heterocycles. The van der Waals surface area contributed by atoms with E-state index >= 15 is 0 Å². The van der Waals surface area contributed by atoms with Gasteiger partial charge in [-0.15, -0.1) is 0 Å². The summed E-state index contributed by atoms with van der Waals surface area (Å²) in [5.41, 5.74) is 5.93. The number of nitrogens with two attached hydrogens (primary N) is 1. The molecule has 6 heteroatoms. The Morgan fingerprint density at radius 1 is 1.61 bits per heavy atom. The summed E-state index contributed by atoms with van der Waals surface area (Å²) in [6, 6.07) is 1.38. The van der Waals surface area contributed by atoms with Crippen molar-refractivity contribution < 1.29 is 14.6 Å². The van der Waals surface area contributed by atoms with E-state index in [1.54, 1.807) is 7.11 Å². The zero-order valence-electron chi connectivity index (χ0n) is 10.8. The third-order valence-corrected chi connectivity index (χ3v) is 2.61. The van der Waals surface area contributed by atoms with Crippen LogP contribution in [0, 0.1) is 5.92 Å². The van der Waals surface area contributed by atoms with E-state index in [2.05, 4.69) is 10.3 Å². The number of pyridine rings is 1. The van der Waals surface area contributed by atoms with Gasteiger partial charge in [0.15, 0.2) is 0 Å². The molecule has 1 heterocycles. The molecule has 1 aromatic rings. The van der Waals surface area contributed by atoms with Gasteiger partial charge in [0.25, 0.3) is 0 Å². The molecule has 0 fully saturated rings. The van der Waals surface area contributed by atoms with Crippen LogP contribution in [-0.2, 0) is 4.74 Å². The van der Waals surface area contributed by atoms with Crippen molar-refractivity contribution in [3.63, 3.8) is 0 Å². The Morgan fingerprint density at radius 2 is 2.28 bits per heavy atom. The smallest absolute Gasteiger partial charge is 0.339 e. The largest absolute Gasteiger partial charge is 0.478 e. The van der Waals surface area contributed by atoms with Crippen molar-refractivity contribution in [3.8, 4) is 0 Å². The van der Waals surface area contributed by atoms with Gasteiger partial charge in [0.1, 0.15) is 11.4 Å². The second-order valence-corrected chi connectivity index (χ2v) is 4.42. The molecule has 1 rings (SSSR count). The Kier molecular flexibility index (Phi) is 4.91. The molecule has 0 spiro atoms. The van der Waals surface area contributed by atoms with E-state index in [0.29, 0.717) is 18.1 Å². The second kappa shape index (κ2) is 6.20. The Hall–Kier alpha value is -1.82. The van der Waals surface area contributed by atoms with Gasteiger partial charge in [0.05, 0.1) is 24.5 Å². The third-order valence-electron chi connectivity index (χ3n) is 2.61. The van der Waals surface area contributed by atoms with Gasteiger partial charge in [-0.2, -0.15) is 0 Å². The second-order valence-electron chi connectivity index (χ2n) is 4.42. The number of nitrogens with zero attached hydrogens (tertiary/aromatic N) is 1. The molecule has 0 aromatic carbocycles. The monoisotopic (exact) mass is 253 g/mol. The molecule has 0 amide bonds. The quantitative estimate of drug-likeness (QED) is 0.709. The van der Waals surface area contributed by atoms with Crippen LogP contribution in [0.15, 0.2) is 12.3 Å². The molecule has 0 aliphatic heterocycles. The number of hydrogen-bond acceptors (Lipinski definition) is 5. The Labute approximate surface area is 106 Å². The van der Waals surface area contributed by atoms with Crippen LogP contribution in [0.3, 0.4) is 0 Å². The van der Waals surface area contributed by atoms with E-state index in [1.165, 1.54) is 12.3 Å². The van der Waals surface area contributed by atoms with Gasteiger partial charge < -0.3 is 20.9 Å². The van der Waals surface area contributed by atoms with Crippen molar-refractivity contribution in [1.82, 2.24) is 4.98 Å². The highest BCUT2D eigenvalue weighted by atomic mass is 16.5. The predicted molar refractivity (Wildman–Crippen MR) is 69.7 cm³/mol. The minimum absolute atomic E-state index is 0.00998. The van der Waals surface area contributed by atoms with E-state index < -0.39 is 5.97 Å². The number of rotatable bonds is 6. The van der Waals surface area contributed by atoms with Crippen LogP contribution in [0.5, 0.6) is 0 Å². The number of nitrogens with one attached hydrogen (secondary N) is 1. The van der Waals surface area contributed by atoms with E-state index in [9.17, 15) is 4.79 Å². The van der Waals surface area contributed by atoms with E-state index in [1.807, 2.05) is 13.8 Å². The molecule has 0 radical (unpaired) electrons. The molecule has 1 atom stereocenters. The lowest BCUT2D eigenvalue weighted by atomic mass is 10.1. The van der Waals surface area contributed by atoms with Crippen molar-refractivity contribution in [2.75, 3.05) is 24.8 Å². The summed E-state index contributed by atoms with van der Waals surface area (Å²) < 4.78 is 5.10. The topological polar surface area (TPSA) is 97.5 Å². The molecule has 6 nitrogen and oxygen atoms in total. The molecular formula is C12H19N3O3. The summed E-state index contributed by atoms with van der Waals surface area (Å²) >= 11 is 0. The number of methoxy groups -OCH3 is 1. The minimum Gasteiger partial charge on any atom is -0.478 e. The maximum atomic E-state index is 11.1. The van der Waals surface area contributed by atoms with Crippen molar-refractivity contribution in [2.24, 2.45) is 5.92 Å². The highest BCUT2D eigenvalue weighted by Gasteiger charge is 2.18. The van der Waals surface area contributed by atoms with Crippen molar-refractivity contribution in [2.45, 2.75) is 19.9 Å². The van der Waals surface area contributed by atoms with Crippen LogP contribution >= 0.6 is 0 Å². The average Bonchev–Trinajstić information content (AvgIpc) is 2.30. The SMILES string of the molecule is COCC(Nc1ncc(N)cc1C(=O)O)C(C)C. The fourth-order valence-electron chi connectivity index (χ4n) is 1.51. The molecule has 1 unspecified atom stereocenters. The molecule has 18 heavy (non-hydrogen) atoms. The van der Waals surface area contributed by atoms with Gasteiger partial charge in [0, 0.05) is 7.11 Å². The summed E-state index contributed by atoms with van der Waals surface area (Å²) in [7, 11) is 1.60. The van der Waals surface area contributed by atoms with Crippen molar-refractivity contribution in [1.29, 1.82) is 0 Å². The Balaban J connectivity index is 2.98. The number of hydrogen-bond donors (Lipinski definition) is 3. The fourth-order valence-corrected chi connectivity index (χ4v) is 1.51. The summed E-state index contributed by atoms with van der Waals surface area (Å²) in [4.78, 5) is 15.1. The van der Waals surface area contributed by atoms with Gasteiger partial charge in [-0.25, -0.2) is 9.78 Å².